The Morgan fingerprint density at radius 3 is 2.35 bits per heavy atom. The van der Waals surface area contributed by atoms with Gasteiger partial charge in [-0.05, 0) is 36.4 Å². The van der Waals surface area contributed by atoms with Crippen molar-refractivity contribution in [2.24, 2.45) is 5.73 Å². The van der Waals surface area contributed by atoms with E-state index in [1.54, 1.807) is 42.5 Å². The van der Waals surface area contributed by atoms with Gasteiger partial charge in [0.15, 0.2) is 0 Å². The van der Waals surface area contributed by atoms with Crippen molar-refractivity contribution < 1.29 is 4.79 Å². The number of halogens is 3. The quantitative estimate of drug-likeness (QED) is 0.834. The van der Waals surface area contributed by atoms with Crippen LogP contribution in [0.4, 0.5) is 5.69 Å². The summed E-state index contributed by atoms with van der Waals surface area (Å²) >= 11 is 15.3. The molecule has 2 aromatic carbocycles. The van der Waals surface area contributed by atoms with Gasteiger partial charge in [-0.25, -0.2) is 0 Å². The first kappa shape index (κ1) is 15.2. The Bertz CT molecular complexity index is 632. The number of hydrogen-bond acceptors (Lipinski definition) is 2. The summed E-state index contributed by atoms with van der Waals surface area (Å²) in [4.78, 5) is 11.7. The van der Waals surface area contributed by atoms with Crippen LogP contribution in [0.3, 0.4) is 0 Å². The normalized spacial score (nSPS) is 11.9. The topological polar surface area (TPSA) is 55.1 Å². The summed E-state index contributed by atoms with van der Waals surface area (Å²) in [5, 5.41) is 4.13. The van der Waals surface area contributed by atoms with E-state index >= 15 is 0 Å². The van der Waals surface area contributed by atoms with Crippen molar-refractivity contribution in [2.45, 2.75) is 6.04 Å². The standard InChI is InChI=1S/C14H11BrCl2N2O/c15-8-1-6-11(12(17)7-8)13(14(18)20)19-10-4-2-9(16)3-5-10/h1-7,13,19H,(H2,18,20). The van der Waals surface area contributed by atoms with Crippen LogP contribution in [0.1, 0.15) is 11.6 Å². The van der Waals surface area contributed by atoms with Crippen LogP contribution in [-0.4, -0.2) is 5.91 Å². The Morgan fingerprint density at radius 2 is 1.80 bits per heavy atom. The second-order valence-corrected chi connectivity index (χ2v) is 5.91. The molecule has 0 aromatic heterocycles. The molecule has 0 spiro atoms. The van der Waals surface area contributed by atoms with Gasteiger partial charge in [0.1, 0.15) is 6.04 Å². The van der Waals surface area contributed by atoms with E-state index in [1.165, 1.54) is 0 Å². The number of carbonyl (C=O) groups is 1. The van der Waals surface area contributed by atoms with Gasteiger partial charge in [0.25, 0.3) is 0 Å². The second kappa shape index (κ2) is 6.48. The Hall–Kier alpha value is -1.23. The highest BCUT2D eigenvalue weighted by molar-refractivity contribution is 9.10. The first-order valence-electron chi connectivity index (χ1n) is 5.74. The number of hydrogen-bond donors (Lipinski definition) is 2. The Balaban J connectivity index is 2.31. The number of nitrogens with two attached hydrogens (primary N) is 1. The van der Waals surface area contributed by atoms with Crippen LogP contribution in [0.25, 0.3) is 0 Å². The molecule has 1 amide bonds. The Kier molecular flexibility index (Phi) is 4.91. The van der Waals surface area contributed by atoms with Crippen molar-refractivity contribution in [3.8, 4) is 0 Å². The van der Waals surface area contributed by atoms with E-state index in [2.05, 4.69) is 21.2 Å². The van der Waals surface area contributed by atoms with Gasteiger partial charge >= 0.3 is 0 Å². The highest BCUT2D eigenvalue weighted by Crippen LogP contribution is 2.29. The SMILES string of the molecule is NC(=O)C(Nc1ccc(Cl)cc1)c1ccc(Br)cc1Cl. The minimum Gasteiger partial charge on any atom is -0.370 e. The highest BCUT2D eigenvalue weighted by Gasteiger charge is 2.20. The van der Waals surface area contributed by atoms with Crippen LogP contribution < -0.4 is 11.1 Å². The summed E-state index contributed by atoms with van der Waals surface area (Å²) in [7, 11) is 0. The summed E-state index contributed by atoms with van der Waals surface area (Å²) in [5.74, 6) is -0.510. The van der Waals surface area contributed by atoms with Crippen LogP contribution in [0.2, 0.25) is 10.0 Å². The lowest BCUT2D eigenvalue weighted by atomic mass is 10.1. The number of rotatable bonds is 4. The molecule has 0 saturated heterocycles. The summed E-state index contributed by atoms with van der Waals surface area (Å²) in [6.07, 6.45) is 0. The molecule has 1 unspecified atom stereocenters. The third kappa shape index (κ3) is 3.66. The molecule has 6 heteroatoms. The van der Waals surface area contributed by atoms with Crippen molar-refractivity contribution in [3.05, 3.63) is 62.5 Å². The van der Waals surface area contributed by atoms with Gasteiger partial charge in [0.05, 0.1) is 0 Å². The van der Waals surface area contributed by atoms with Gasteiger partial charge in [0.2, 0.25) is 5.91 Å². The number of nitrogens with one attached hydrogen (secondary N) is 1. The van der Waals surface area contributed by atoms with E-state index in [0.29, 0.717) is 15.6 Å². The number of primary amides is 1. The monoisotopic (exact) mass is 372 g/mol. The maximum Gasteiger partial charge on any atom is 0.244 e. The Morgan fingerprint density at radius 1 is 1.15 bits per heavy atom. The largest absolute Gasteiger partial charge is 0.370 e. The van der Waals surface area contributed by atoms with E-state index in [0.717, 1.165) is 10.2 Å². The van der Waals surface area contributed by atoms with E-state index in [1.807, 2.05) is 0 Å². The molecule has 0 heterocycles. The van der Waals surface area contributed by atoms with Crippen molar-refractivity contribution in [1.82, 2.24) is 0 Å². The van der Waals surface area contributed by atoms with Gasteiger partial charge in [0, 0.05) is 25.8 Å². The third-order valence-corrected chi connectivity index (χ3v) is 3.79. The fourth-order valence-electron chi connectivity index (χ4n) is 1.75. The number of benzene rings is 2. The molecule has 0 bridgehead atoms. The molecule has 2 rings (SSSR count). The molecule has 0 radical (unpaired) electrons. The predicted molar refractivity (Wildman–Crippen MR) is 86.2 cm³/mol. The molecule has 0 saturated carbocycles. The molecule has 0 aliphatic heterocycles. The van der Waals surface area contributed by atoms with Crippen LogP contribution in [0.15, 0.2) is 46.9 Å². The van der Waals surface area contributed by atoms with Crippen molar-refractivity contribution in [1.29, 1.82) is 0 Å². The maximum atomic E-state index is 11.7. The molecule has 0 fully saturated rings. The molecule has 104 valence electrons. The van der Waals surface area contributed by atoms with Crippen molar-refractivity contribution >= 4 is 50.7 Å². The fraction of sp³-hybridized carbons (Fsp3) is 0.0714. The minimum absolute atomic E-state index is 0.463. The molecule has 0 aliphatic rings. The first-order chi connectivity index (χ1) is 9.47. The summed E-state index contributed by atoms with van der Waals surface area (Å²) < 4.78 is 0.834. The Labute approximate surface area is 135 Å². The van der Waals surface area contributed by atoms with Crippen LogP contribution in [-0.2, 0) is 4.79 Å². The van der Waals surface area contributed by atoms with Gasteiger partial charge in [-0.3, -0.25) is 4.79 Å². The van der Waals surface area contributed by atoms with E-state index in [-0.39, 0.29) is 0 Å². The highest BCUT2D eigenvalue weighted by atomic mass is 79.9. The molecular weight excluding hydrogens is 363 g/mol. The van der Waals surface area contributed by atoms with Gasteiger partial charge < -0.3 is 11.1 Å². The van der Waals surface area contributed by atoms with E-state index in [9.17, 15) is 4.79 Å². The molecule has 3 nitrogen and oxygen atoms in total. The van der Waals surface area contributed by atoms with Crippen LogP contribution in [0, 0.1) is 0 Å². The average molecular weight is 374 g/mol. The lowest BCUT2D eigenvalue weighted by molar-refractivity contribution is -0.118. The number of anilines is 1. The van der Waals surface area contributed by atoms with Crippen LogP contribution >= 0.6 is 39.1 Å². The number of carbonyl (C=O) groups excluding carboxylic acids is 1. The second-order valence-electron chi connectivity index (χ2n) is 4.15. The van der Waals surface area contributed by atoms with Crippen molar-refractivity contribution in [2.75, 3.05) is 5.32 Å². The van der Waals surface area contributed by atoms with E-state index < -0.39 is 11.9 Å². The molecule has 2 aromatic rings. The first-order valence-corrected chi connectivity index (χ1v) is 7.28. The van der Waals surface area contributed by atoms with Gasteiger partial charge in [-0.2, -0.15) is 0 Å². The predicted octanol–water partition coefficient (Wildman–Crippen LogP) is 4.39. The molecule has 3 N–H and O–H groups in total. The molecule has 0 aliphatic carbocycles. The molecule has 1 atom stereocenters. The average Bonchev–Trinajstić information content (AvgIpc) is 2.39. The third-order valence-electron chi connectivity index (χ3n) is 2.71. The molecule has 20 heavy (non-hydrogen) atoms. The minimum atomic E-state index is -0.711. The summed E-state index contributed by atoms with van der Waals surface area (Å²) in [6, 6.07) is 11.6. The summed E-state index contributed by atoms with van der Waals surface area (Å²) in [6.45, 7) is 0. The smallest absolute Gasteiger partial charge is 0.244 e. The van der Waals surface area contributed by atoms with Gasteiger partial charge in [-0.1, -0.05) is 45.2 Å². The lowest BCUT2D eigenvalue weighted by Gasteiger charge is -2.18. The fourth-order valence-corrected chi connectivity index (χ4v) is 2.66. The number of amides is 1. The summed E-state index contributed by atoms with van der Waals surface area (Å²) in [5.41, 5.74) is 6.81. The van der Waals surface area contributed by atoms with Crippen LogP contribution in [0.5, 0.6) is 0 Å². The maximum absolute atomic E-state index is 11.7. The zero-order valence-electron chi connectivity index (χ0n) is 10.2. The van der Waals surface area contributed by atoms with Crippen molar-refractivity contribution in [3.63, 3.8) is 0 Å². The van der Waals surface area contributed by atoms with Gasteiger partial charge in [-0.15, -0.1) is 0 Å². The lowest BCUT2D eigenvalue weighted by Crippen LogP contribution is -2.28. The van der Waals surface area contributed by atoms with E-state index in [4.69, 9.17) is 28.9 Å². The molecular formula is C14H11BrCl2N2O. The zero-order valence-corrected chi connectivity index (χ0v) is 13.3. The zero-order chi connectivity index (χ0) is 14.7.